The van der Waals surface area contributed by atoms with Gasteiger partial charge >= 0.3 is 0 Å². The Kier molecular flexibility index (Phi) is 4.38. The summed E-state index contributed by atoms with van der Waals surface area (Å²) in [6.45, 7) is 4.31. The number of rotatable bonds is 4. The maximum Gasteiger partial charge on any atom is 0.183 e. The third-order valence-corrected chi connectivity index (χ3v) is 3.77. The van der Waals surface area contributed by atoms with Crippen molar-refractivity contribution < 1.29 is 0 Å². The zero-order chi connectivity index (χ0) is 10.5. The van der Waals surface area contributed by atoms with Crippen LogP contribution in [0.25, 0.3) is 0 Å². The van der Waals surface area contributed by atoms with Crippen molar-refractivity contribution in [3.63, 3.8) is 0 Å². The molecule has 15 heavy (non-hydrogen) atoms. The van der Waals surface area contributed by atoms with Crippen LogP contribution in [-0.2, 0) is 6.54 Å². The standard InChI is InChI=1S/C10H16ClN3S/c11-10-14-7-9(15-10)6-13-5-8-2-1-3-12-4-8/h7-8,12-13H,1-6H2/t8-/m1/s1. The normalized spacial score (nSPS) is 21.8. The highest BCUT2D eigenvalue weighted by Crippen LogP contribution is 2.17. The molecule has 0 bridgehead atoms. The van der Waals surface area contributed by atoms with Gasteiger partial charge < -0.3 is 10.6 Å². The highest BCUT2D eigenvalue weighted by molar-refractivity contribution is 7.15. The highest BCUT2D eigenvalue weighted by Gasteiger charge is 2.12. The summed E-state index contributed by atoms with van der Waals surface area (Å²) in [5.41, 5.74) is 0. The molecule has 1 atom stereocenters. The molecule has 0 unspecified atom stereocenters. The maximum absolute atomic E-state index is 5.76. The van der Waals surface area contributed by atoms with E-state index in [2.05, 4.69) is 15.6 Å². The quantitative estimate of drug-likeness (QED) is 0.851. The lowest BCUT2D eigenvalue weighted by molar-refractivity contribution is 0.360. The summed E-state index contributed by atoms with van der Waals surface area (Å²) in [5, 5.41) is 6.87. The SMILES string of the molecule is Clc1ncc(CNC[C@@H]2CCCNC2)s1. The van der Waals surface area contributed by atoms with Gasteiger partial charge in [0.2, 0.25) is 0 Å². The van der Waals surface area contributed by atoms with Gasteiger partial charge in [-0.15, -0.1) is 11.3 Å². The summed E-state index contributed by atoms with van der Waals surface area (Å²) in [6.07, 6.45) is 4.49. The van der Waals surface area contributed by atoms with Crippen molar-refractivity contribution in [2.75, 3.05) is 19.6 Å². The van der Waals surface area contributed by atoms with Gasteiger partial charge in [-0.3, -0.25) is 0 Å². The Morgan fingerprint density at radius 2 is 2.60 bits per heavy atom. The average molecular weight is 246 g/mol. The first-order chi connectivity index (χ1) is 7.34. The Morgan fingerprint density at radius 1 is 1.67 bits per heavy atom. The van der Waals surface area contributed by atoms with Gasteiger partial charge in [-0.2, -0.15) is 0 Å². The zero-order valence-corrected chi connectivity index (χ0v) is 10.2. The summed E-state index contributed by atoms with van der Waals surface area (Å²) < 4.78 is 0.631. The molecule has 2 rings (SSSR count). The number of nitrogens with one attached hydrogen (secondary N) is 2. The van der Waals surface area contributed by atoms with Crippen molar-refractivity contribution in [3.8, 4) is 0 Å². The Morgan fingerprint density at radius 3 is 3.27 bits per heavy atom. The van der Waals surface area contributed by atoms with Crippen molar-refractivity contribution in [2.24, 2.45) is 5.92 Å². The second-order valence-corrected chi connectivity index (χ2v) is 5.62. The number of aromatic nitrogens is 1. The lowest BCUT2D eigenvalue weighted by Crippen LogP contribution is -2.35. The second kappa shape index (κ2) is 5.80. The minimum atomic E-state index is 0.631. The summed E-state index contributed by atoms with van der Waals surface area (Å²) in [7, 11) is 0. The Balaban J connectivity index is 1.65. The molecular formula is C10H16ClN3S. The van der Waals surface area contributed by atoms with Gasteiger partial charge in [-0.05, 0) is 38.4 Å². The van der Waals surface area contributed by atoms with Crippen molar-refractivity contribution in [3.05, 3.63) is 15.5 Å². The van der Waals surface area contributed by atoms with E-state index in [-0.39, 0.29) is 0 Å². The van der Waals surface area contributed by atoms with E-state index in [9.17, 15) is 0 Å². The van der Waals surface area contributed by atoms with Crippen LogP contribution in [0.4, 0.5) is 0 Å². The van der Waals surface area contributed by atoms with Crippen LogP contribution in [0, 0.1) is 5.92 Å². The summed E-state index contributed by atoms with van der Waals surface area (Å²) in [6, 6.07) is 0. The predicted octanol–water partition coefficient (Wildman–Crippen LogP) is 1.89. The van der Waals surface area contributed by atoms with Gasteiger partial charge in [0, 0.05) is 17.6 Å². The van der Waals surface area contributed by atoms with E-state index in [0.29, 0.717) is 4.47 Å². The molecule has 1 aromatic heterocycles. The van der Waals surface area contributed by atoms with E-state index in [4.69, 9.17) is 11.6 Å². The molecule has 84 valence electrons. The van der Waals surface area contributed by atoms with Crippen LogP contribution in [0.1, 0.15) is 17.7 Å². The van der Waals surface area contributed by atoms with Gasteiger partial charge in [-0.1, -0.05) is 11.6 Å². The van der Waals surface area contributed by atoms with Crippen LogP contribution < -0.4 is 10.6 Å². The monoisotopic (exact) mass is 245 g/mol. The summed E-state index contributed by atoms with van der Waals surface area (Å²) in [5.74, 6) is 0.780. The van der Waals surface area contributed by atoms with Gasteiger partial charge in [0.1, 0.15) is 0 Å². The van der Waals surface area contributed by atoms with Crippen LogP contribution in [0.5, 0.6) is 0 Å². The Hall–Kier alpha value is -0.160. The lowest BCUT2D eigenvalue weighted by atomic mass is 10.00. The number of halogens is 1. The molecular weight excluding hydrogens is 230 g/mol. The summed E-state index contributed by atoms with van der Waals surface area (Å²) in [4.78, 5) is 5.23. The molecule has 0 aromatic carbocycles. The molecule has 0 radical (unpaired) electrons. The number of thiazole rings is 1. The molecule has 0 spiro atoms. The first-order valence-electron chi connectivity index (χ1n) is 5.36. The van der Waals surface area contributed by atoms with Crippen LogP contribution in [0.2, 0.25) is 4.47 Å². The maximum atomic E-state index is 5.76. The lowest BCUT2D eigenvalue weighted by Gasteiger charge is -2.22. The van der Waals surface area contributed by atoms with E-state index in [1.807, 2.05) is 6.20 Å². The van der Waals surface area contributed by atoms with Crippen molar-refractivity contribution in [1.29, 1.82) is 0 Å². The van der Waals surface area contributed by atoms with E-state index >= 15 is 0 Å². The molecule has 3 nitrogen and oxygen atoms in total. The third kappa shape index (κ3) is 3.72. The van der Waals surface area contributed by atoms with Gasteiger partial charge in [-0.25, -0.2) is 4.98 Å². The molecule has 2 heterocycles. The largest absolute Gasteiger partial charge is 0.316 e. The molecule has 5 heteroatoms. The van der Waals surface area contributed by atoms with Crippen LogP contribution in [-0.4, -0.2) is 24.6 Å². The molecule has 1 aliphatic heterocycles. The zero-order valence-electron chi connectivity index (χ0n) is 8.63. The number of nitrogens with zero attached hydrogens (tertiary/aromatic N) is 1. The van der Waals surface area contributed by atoms with Gasteiger partial charge in [0.05, 0.1) is 0 Å². The fourth-order valence-electron chi connectivity index (χ4n) is 1.86. The van der Waals surface area contributed by atoms with Crippen molar-refractivity contribution in [1.82, 2.24) is 15.6 Å². The minimum absolute atomic E-state index is 0.631. The van der Waals surface area contributed by atoms with Gasteiger partial charge in [0.15, 0.2) is 4.47 Å². The highest BCUT2D eigenvalue weighted by atomic mass is 35.5. The fraction of sp³-hybridized carbons (Fsp3) is 0.700. The van der Waals surface area contributed by atoms with Gasteiger partial charge in [0.25, 0.3) is 0 Å². The number of hydrogen-bond acceptors (Lipinski definition) is 4. The molecule has 0 amide bonds. The smallest absolute Gasteiger partial charge is 0.183 e. The first-order valence-corrected chi connectivity index (χ1v) is 6.55. The number of hydrogen-bond donors (Lipinski definition) is 2. The third-order valence-electron chi connectivity index (χ3n) is 2.66. The Bertz CT molecular complexity index is 297. The molecule has 0 aliphatic carbocycles. The molecule has 1 fully saturated rings. The summed E-state index contributed by atoms with van der Waals surface area (Å²) >= 11 is 7.31. The average Bonchev–Trinajstić information content (AvgIpc) is 2.66. The van der Waals surface area contributed by atoms with E-state index < -0.39 is 0 Å². The predicted molar refractivity (Wildman–Crippen MR) is 64.4 cm³/mol. The van der Waals surface area contributed by atoms with E-state index in [0.717, 1.165) is 25.6 Å². The van der Waals surface area contributed by atoms with Crippen molar-refractivity contribution in [2.45, 2.75) is 19.4 Å². The fourth-order valence-corrected chi connectivity index (χ4v) is 2.81. The second-order valence-electron chi connectivity index (χ2n) is 3.92. The van der Waals surface area contributed by atoms with E-state index in [1.165, 1.54) is 24.3 Å². The molecule has 2 N–H and O–H groups in total. The topological polar surface area (TPSA) is 37.0 Å². The number of piperidine rings is 1. The van der Waals surface area contributed by atoms with Crippen LogP contribution in [0.15, 0.2) is 6.20 Å². The minimum Gasteiger partial charge on any atom is -0.316 e. The molecule has 1 aliphatic rings. The molecule has 0 saturated carbocycles. The Labute approximate surface area is 99.2 Å². The van der Waals surface area contributed by atoms with E-state index in [1.54, 1.807) is 11.3 Å². The van der Waals surface area contributed by atoms with Crippen molar-refractivity contribution >= 4 is 22.9 Å². The first kappa shape index (κ1) is 11.3. The van der Waals surface area contributed by atoms with Crippen LogP contribution in [0.3, 0.4) is 0 Å². The van der Waals surface area contributed by atoms with Crippen LogP contribution >= 0.6 is 22.9 Å². The molecule has 1 saturated heterocycles. The molecule has 1 aromatic rings.